The summed E-state index contributed by atoms with van der Waals surface area (Å²) in [5.74, 6) is 0.485. The van der Waals surface area contributed by atoms with Crippen molar-refractivity contribution in [3.63, 3.8) is 0 Å². The summed E-state index contributed by atoms with van der Waals surface area (Å²) in [5, 5.41) is 0. The molecule has 3 nitrogen and oxygen atoms in total. The van der Waals surface area contributed by atoms with Crippen LogP contribution in [0.3, 0.4) is 0 Å². The van der Waals surface area contributed by atoms with E-state index < -0.39 is 25.5 Å². The number of hydrogen-bond acceptors (Lipinski definition) is 3. The number of fused-ring (bicyclic) bond motifs is 1. The zero-order valence-corrected chi connectivity index (χ0v) is 11.2. The van der Waals surface area contributed by atoms with E-state index in [-0.39, 0.29) is 5.97 Å². The van der Waals surface area contributed by atoms with E-state index in [1.807, 2.05) is 6.07 Å². The van der Waals surface area contributed by atoms with Crippen LogP contribution in [0.2, 0.25) is 0 Å². The third-order valence-corrected chi connectivity index (χ3v) is 4.66. The minimum absolute atomic E-state index is 0.214. The summed E-state index contributed by atoms with van der Waals surface area (Å²) in [6, 6.07) is 7.16. The van der Waals surface area contributed by atoms with E-state index in [9.17, 15) is 4.79 Å². The van der Waals surface area contributed by atoms with Gasteiger partial charge in [0.15, 0.2) is 0 Å². The topological polar surface area (TPSA) is 35.5 Å². The van der Waals surface area contributed by atoms with Crippen LogP contribution in [-0.2, 0) is 28.1 Å². The standard InChI is InChI=1S/C7H6O3.Hg/c8-6-4-2-1-3-5(6)7(9)10;/h1-4,8H,(H,9,10);/q;+2/p-2. The van der Waals surface area contributed by atoms with Gasteiger partial charge in [-0.3, -0.25) is 0 Å². The Labute approximate surface area is 77.1 Å². The molecule has 1 aromatic rings. The van der Waals surface area contributed by atoms with E-state index >= 15 is 0 Å². The monoisotopic (exact) mass is 338 g/mol. The van der Waals surface area contributed by atoms with Gasteiger partial charge in [-0.2, -0.15) is 0 Å². The SMILES string of the molecule is O=C1[O][Hg][O]c2ccccc21. The second-order valence-corrected chi connectivity index (χ2v) is 5.35. The van der Waals surface area contributed by atoms with Gasteiger partial charge in [0.1, 0.15) is 0 Å². The Hall–Kier alpha value is -0.575. The van der Waals surface area contributed by atoms with E-state index in [2.05, 4.69) is 0 Å². The fourth-order valence-corrected chi connectivity index (χ4v) is 3.71. The van der Waals surface area contributed by atoms with Crippen LogP contribution in [0.5, 0.6) is 5.75 Å². The van der Waals surface area contributed by atoms with E-state index in [0.29, 0.717) is 11.3 Å². The van der Waals surface area contributed by atoms with Crippen LogP contribution < -0.4 is 2.64 Å². The van der Waals surface area contributed by atoms with Crippen LogP contribution >= 0.6 is 0 Å². The predicted molar refractivity (Wildman–Crippen MR) is 32.5 cm³/mol. The molecule has 11 heavy (non-hydrogen) atoms. The van der Waals surface area contributed by atoms with Gasteiger partial charge in [-0.25, -0.2) is 0 Å². The summed E-state index contributed by atoms with van der Waals surface area (Å²) in [7, 11) is 0. The van der Waals surface area contributed by atoms with Gasteiger partial charge >= 0.3 is 77.1 Å². The molecule has 1 aliphatic rings. The number of carbonyl (C=O) groups is 1. The Morgan fingerprint density at radius 3 is 2.82 bits per heavy atom. The predicted octanol–water partition coefficient (Wildman–Crippen LogP) is 1.15. The van der Waals surface area contributed by atoms with E-state index in [4.69, 9.17) is 5.29 Å². The van der Waals surface area contributed by atoms with Crippen LogP contribution in [0.25, 0.3) is 0 Å². The molecule has 0 N–H and O–H groups in total. The average molecular weight is 337 g/mol. The Balaban J connectivity index is 2.52. The molecule has 52 valence electrons. The zero-order chi connectivity index (χ0) is 7.68. The van der Waals surface area contributed by atoms with Gasteiger partial charge in [-0.1, -0.05) is 0 Å². The summed E-state index contributed by atoms with van der Waals surface area (Å²) >= 11 is -1.77. The number of hydrogen-bond donors (Lipinski definition) is 0. The molecule has 0 saturated carbocycles. The fraction of sp³-hybridized carbons (Fsp3) is 0. The molecule has 0 spiro atoms. The molecular weight excluding hydrogens is 333 g/mol. The van der Waals surface area contributed by atoms with E-state index in [1.165, 1.54) is 0 Å². The molecule has 2 rings (SSSR count). The van der Waals surface area contributed by atoms with Crippen molar-refractivity contribution in [1.29, 1.82) is 0 Å². The van der Waals surface area contributed by atoms with Gasteiger partial charge < -0.3 is 0 Å². The number of benzene rings is 1. The van der Waals surface area contributed by atoms with Crippen molar-refractivity contribution in [2.75, 3.05) is 0 Å². The fourth-order valence-electron chi connectivity index (χ4n) is 0.985. The van der Waals surface area contributed by atoms with Crippen LogP contribution in [-0.4, -0.2) is 5.97 Å². The maximum atomic E-state index is 11.0. The Bertz CT molecular complexity index is 297. The van der Waals surface area contributed by atoms with Crippen LogP contribution in [0.15, 0.2) is 24.3 Å². The van der Waals surface area contributed by atoms with Crippen LogP contribution in [0.4, 0.5) is 0 Å². The molecule has 1 aromatic carbocycles. The molecule has 0 atom stereocenters. The van der Waals surface area contributed by atoms with Crippen molar-refractivity contribution in [2.45, 2.75) is 0 Å². The molecule has 1 aliphatic heterocycles. The third kappa shape index (κ3) is 1.25. The second kappa shape index (κ2) is 2.81. The molecule has 0 saturated heterocycles. The summed E-state index contributed by atoms with van der Waals surface area (Å²) in [6.07, 6.45) is 0. The molecular formula is C7H4HgO3. The molecule has 0 amide bonds. The quantitative estimate of drug-likeness (QED) is 0.667. The van der Waals surface area contributed by atoms with Crippen molar-refractivity contribution < 1.29 is 35.6 Å². The zero-order valence-electron chi connectivity index (χ0n) is 5.74. The first-order valence-electron chi connectivity index (χ1n) is 3.27. The van der Waals surface area contributed by atoms with Crippen molar-refractivity contribution in [3.8, 4) is 5.75 Å². The van der Waals surface area contributed by atoms with Gasteiger partial charge in [0.2, 0.25) is 0 Å². The number of rotatable bonds is 0. The Kier molecular flexibility index (Phi) is 1.81. The van der Waals surface area contributed by atoms with Crippen molar-refractivity contribution in [3.05, 3.63) is 29.8 Å². The Morgan fingerprint density at radius 1 is 1.18 bits per heavy atom. The van der Waals surface area contributed by atoms with E-state index in [1.54, 1.807) is 18.2 Å². The summed E-state index contributed by atoms with van der Waals surface area (Å²) in [6.45, 7) is 0. The minimum atomic E-state index is -1.77. The van der Waals surface area contributed by atoms with E-state index in [0.717, 1.165) is 0 Å². The summed E-state index contributed by atoms with van der Waals surface area (Å²) in [4.78, 5) is 11.0. The van der Waals surface area contributed by atoms with Gasteiger partial charge in [0, 0.05) is 0 Å². The van der Waals surface area contributed by atoms with Gasteiger partial charge in [0.25, 0.3) is 0 Å². The molecule has 0 aromatic heterocycles. The Morgan fingerprint density at radius 2 is 2.00 bits per heavy atom. The molecule has 0 fully saturated rings. The molecule has 0 unspecified atom stereocenters. The third-order valence-electron chi connectivity index (χ3n) is 1.51. The first-order chi connectivity index (χ1) is 5.38. The van der Waals surface area contributed by atoms with Gasteiger partial charge in [0.05, 0.1) is 0 Å². The normalized spacial score (nSPS) is 13.3. The summed E-state index contributed by atoms with van der Waals surface area (Å²) in [5.41, 5.74) is 0.554. The average Bonchev–Trinajstić information content (AvgIpc) is 2.06. The van der Waals surface area contributed by atoms with Gasteiger partial charge in [-0.15, -0.1) is 0 Å². The van der Waals surface area contributed by atoms with Crippen molar-refractivity contribution in [2.24, 2.45) is 0 Å². The van der Waals surface area contributed by atoms with Crippen LogP contribution in [0, 0.1) is 0 Å². The second-order valence-electron chi connectivity index (χ2n) is 2.19. The maximum absolute atomic E-state index is 11.0. The summed E-state index contributed by atoms with van der Waals surface area (Å²) < 4.78 is 10.1. The van der Waals surface area contributed by atoms with Crippen molar-refractivity contribution in [1.82, 2.24) is 0 Å². The number of carbonyl (C=O) groups excluding carboxylic acids is 1. The van der Waals surface area contributed by atoms with Crippen molar-refractivity contribution >= 4 is 5.97 Å². The molecule has 0 radical (unpaired) electrons. The first-order valence-corrected chi connectivity index (χ1v) is 7.76. The molecule has 0 bridgehead atoms. The molecule has 4 heteroatoms. The first kappa shape index (κ1) is 7.09. The molecule has 1 heterocycles. The number of para-hydroxylation sites is 1. The van der Waals surface area contributed by atoms with Crippen LogP contribution in [0.1, 0.15) is 10.4 Å². The van der Waals surface area contributed by atoms with Gasteiger partial charge in [-0.05, 0) is 0 Å². The molecule has 0 aliphatic carbocycles.